The first kappa shape index (κ1) is 16.9. The molecule has 0 fully saturated rings. The summed E-state index contributed by atoms with van der Waals surface area (Å²) >= 11 is 1.25. The maximum absolute atomic E-state index is 13.2. The molecule has 1 aliphatic rings. The zero-order valence-electron chi connectivity index (χ0n) is 14.0. The van der Waals surface area contributed by atoms with Gasteiger partial charge in [-0.15, -0.1) is 11.3 Å². The number of hydrogen-bond acceptors (Lipinski definition) is 5. The topological polar surface area (TPSA) is 51.2 Å². The molecule has 1 N–H and O–H groups in total. The van der Waals surface area contributed by atoms with E-state index < -0.39 is 6.43 Å². The number of thiophene rings is 1. The second-order valence-corrected chi connectivity index (χ2v) is 7.23. The summed E-state index contributed by atoms with van der Waals surface area (Å²) in [6.07, 6.45) is -0.273. The Hall–Kier alpha value is -2.54. The van der Waals surface area contributed by atoms with Gasteiger partial charge in [-0.25, -0.2) is 13.8 Å². The predicted octanol–water partition coefficient (Wildman–Crippen LogP) is 5.15. The zero-order valence-corrected chi connectivity index (χ0v) is 14.8. The van der Waals surface area contributed by atoms with E-state index in [9.17, 15) is 13.6 Å². The van der Waals surface area contributed by atoms with E-state index in [-0.39, 0.29) is 11.7 Å². The minimum Gasteiger partial charge on any atom is -0.496 e. The smallest absolute Gasteiger partial charge is 0.280 e. The minimum atomic E-state index is -2.67. The molecule has 7 heteroatoms. The van der Waals surface area contributed by atoms with E-state index >= 15 is 0 Å². The first-order valence-corrected chi connectivity index (χ1v) is 9.02. The van der Waals surface area contributed by atoms with Crippen LogP contribution in [0.4, 0.5) is 14.6 Å². The van der Waals surface area contributed by atoms with Crippen LogP contribution in [0, 0.1) is 0 Å². The molecule has 1 aromatic carbocycles. The number of benzene rings is 1. The molecular formula is C19H16F2N2O2S. The van der Waals surface area contributed by atoms with Crippen molar-refractivity contribution in [3.8, 4) is 5.75 Å². The van der Waals surface area contributed by atoms with Crippen molar-refractivity contribution < 1.29 is 18.3 Å². The SMILES string of the molecule is COc1cccc2c1CC[C@H]2Nc1nc(C(F)F)cc2cc(C=O)sc12. The van der Waals surface area contributed by atoms with Crippen molar-refractivity contribution in [1.29, 1.82) is 0 Å². The molecule has 0 spiro atoms. The van der Waals surface area contributed by atoms with Crippen LogP contribution >= 0.6 is 11.3 Å². The number of nitrogens with zero attached hydrogens (tertiary/aromatic N) is 1. The van der Waals surface area contributed by atoms with Gasteiger partial charge in [-0.05, 0) is 47.6 Å². The monoisotopic (exact) mass is 374 g/mol. The van der Waals surface area contributed by atoms with Crippen molar-refractivity contribution in [3.63, 3.8) is 0 Å². The van der Waals surface area contributed by atoms with Crippen LogP contribution in [-0.2, 0) is 6.42 Å². The van der Waals surface area contributed by atoms with E-state index in [4.69, 9.17) is 4.74 Å². The van der Waals surface area contributed by atoms with Gasteiger partial charge in [0.2, 0.25) is 0 Å². The molecule has 0 radical (unpaired) electrons. The number of fused-ring (bicyclic) bond motifs is 2. The summed E-state index contributed by atoms with van der Waals surface area (Å²) in [5.41, 5.74) is 1.93. The number of ether oxygens (including phenoxy) is 1. The number of rotatable bonds is 5. The normalized spacial score (nSPS) is 16.1. The summed E-state index contributed by atoms with van der Waals surface area (Å²) in [7, 11) is 1.64. The Kier molecular flexibility index (Phi) is 4.32. The number of pyridine rings is 1. The third kappa shape index (κ3) is 2.82. The molecule has 0 saturated heterocycles. The number of halogens is 2. The molecule has 3 aromatic rings. The Morgan fingerprint density at radius 2 is 2.23 bits per heavy atom. The highest BCUT2D eigenvalue weighted by atomic mass is 32.1. The maximum atomic E-state index is 13.2. The molecule has 4 rings (SSSR count). The summed E-state index contributed by atoms with van der Waals surface area (Å²) in [4.78, 5) is 15.7. The maximum Gasteiger partial charge on any atom is 0.280 e. The second-order valence-electron chi connectivity index (χ2n) is 6.15. The molecule has 134 valence electrons. The van der Waals surface area contributed by atoms with Crippen molar-refractivity contribution in [2.45, 2.75) is 25.3 Å². The van der Waals surface area contributed by atoms with Crippen LogP contribution < -0.4 is 10.1 Å². The Morgan fingerprint density at radius 1 is 1.38 bits per heavy atom. The van der Waals surface area contributed by atoms with Crippen LogP contribution in [0.5, 0.6) is 5.75 Å². The largest absolute Gasteiger partial charge is 0.496 e. The van der Waals surface area contributed by atoms with Gasteiger partial charge in [-0.3, -0.25) is 4.79 Å². The summed E-state index contributed by atoms with van der Waals surface area (Å²) in [6, 6.07) is 8.79. The van der Waals surface area contributed by atoms with Crippen molar-refractivity contribution in [3.05, 3.63) is 52.0 Å². The first-order chi connectivity index (χ1) is 12.6. The van der Waals surface area contributed by atoms with Gasteiger partial charge in [0.15, 0.2) is 6.29 Å². The predicted molar refractivity (Wildman–Crippen MR) is 97.6 cm³/mol. The summed E-state index contributed by atoms with van der Waals surface area (Å²) in [5.74, 6) is 1.24. The fraction of sp³-hybridized carbons (Fsp3) is 0.263. The minimum absolute atomic E-state index is 0.0366. The third-order valence-electron chi connectivity index (χ3n) is 4.64. The lowest BCUT2D eigenvalue weighted by atomic mass is 10.1. The molecular weight excluding hydrogens is 358 g/mol. The van der Waals surface area contributed by atoms with Crippen LogP contribution in [0.1, 0.15) is 45.4 Å². The molecule has 4 nitrogen and oxygen atoms in total. The summed E-state index contributed by atoms with van der Waals surface area (Å²) in [5, 5.41) is 3.92. The highest BCUT2D eigenvalue weighted by Gasteiger charge is 2.26. The molecule has 0 unspecified atom stereocenters. The second kappa shape index (κ2) is 6.64. The Balaban J connectivity index is 1.76. The van der Waals surface area contributed by atoms with E-state index in [1.54, 1.807) is 13.2 Å². The van der Waals surface area contributed by atoms with E-state index in [2.05, 4.69) is 10.3 Å². The van der Waals surface area contributed by atoms with E-state index in [0.717, 1.165) is 36.0 Å². The van der Waals surface area contributed by atoms with E-state index in [1.807, 2.05) is 18.2 Å². The Bertz CT molecular complexity index is 987. The summed E-state index contributed by atoms with van der Waals surface area (Å²) < 4.78 is 32.6. The van der Waals surface area contributed by atoms with Crippen molar-refractivity contribution >= 4 is 33.5 Å². The van der Waals surface area contributed by atoms with E-state index in [1.165, 1.54) is 17.4 Å². The first-order valence-electron chi connectivity index (χ1n) is 8.21. The lowest BCUT2D eigenvalue weighted by Gasteiger charge is -2.17. The van der Waals surface area contributed by atoms with Gasteiger partial charge in [0, 0.05) is 0 Å². The van der Waals surface area contributed by atoms with Crippen molar-refractivity contribution in [2.75, 3.05) is 12.4 Å². The van der Waals surface area contributed by atoms with Crippen LogP contribution in [0.15, 0.2) is 30.3 Å². The average molecular weight is 374 g/mol. The number of aldehydes is 1. The third-order valence-corrected chi connectivity index (χ3v) is 5.72. The standard InChI is InChI=1S/C19H16F2N2O2S/c1-25-16-4-2-3-12-13(16)5-6-14(12)22-19-17-10(7-11(9-24)26-17)8-15(23-19)18(20)21/h2-4,7-9,14,18H,5-6H2,1H3,(H,22,23)/t14-/m1/s1. The zero-order chi connectivity index (χ0) is 18.3. The number of aromatic nitrogens is 1. The molecule has 2 aromatic heterocycles. The molecule has 0 amide bonds. The number of alkyl halides is 2. The number of anilines is 1. The summed E-state index contributed by atoms with van der Waals surface area (Å²) in [6.45, 7) is 0. The van der Waals surface area contributed by atoms with Crippen LogP contribution in [-0.4, -0.2) is 18.4 Å². The van der Waals surface area contributed by atoms with Gasteiger partial charge >= 0.3 is 0 Å². The molecule has 26 heavy (non-hydrogen) atoms. The fourth-order valence-electron chi connectivity index (χ4n) is 3.48. The molecule has 2 heterocycles. The fourth-order valence-corrected chi connectivity index (χ4v) is 4.39. The molecule has 0 saturated carbocycles. The van der Waals surface area contributed by atoms with Crippen molar-refractivity contribution in [1.82, 2.24) is 4.98 Å². The van der Waals surface area contributed by atoms with Gasteiger partial charge in [0.25, 0.3) is 6.43 Å². The lowest BCUT2D eigenvalue weighted by Crippen LogP contribution is -2.09. The van der Waals surface area contributed by atoms with Crippen LogP contribution in [0.25, 0.3) is 10.1 Å². The number of carbonyl (C=O) groups excluding carboxylic acids is 1. The highest BCUT2D eigenvalue weighted by Crippen LogP contribution is 2.41. The number of nitrogens with one attached hydrogen (secondary N) is 1. The number of carbonyl (C=O) groups is 1. The van der Waals surface area contributed by atoms with Gasteiger partial charge < -0.3 is 10.1 Å². The number of methoxy groups -OCH3 is 1. The Labute approximate surface area is 152 Å². The van der Waals surface area contributed by atoms with Crippen LogP contribution in [0.3, 0.4) is 0 Å². The molecule has 1 aliphatic carbocycles. The quantitative estimate of drug-likeness (QED) is 0.627. The lowest BCUT2D eigenvalue weighted by molar-refractivity contribution is 0.112. The van der Waals surface area contributed by atoms with Gasteiger partial charge in [0.1, 0.15) is 17.3 Å². The van der Waals surface area contributed by atoms with Crippen molar-refractivity contribution in [2.24, 2.45) is 0 Å². The van der Waals surface area contributed by atoms with E-state index in [0.29, 0.717) is 20.8 Å². The van der Waals surface area contributed by atoms with Gasteiger partial charge in [0.05, 0.1) is 22.7 Å². The highest BCUT2D eigenvalue weighted by molar-refractivity contribution is 7.21. The molecule has 1 atom stereocenters. The van der Waals surface area contributed by atoms with Gasteiger partial charge in [-0.1, -0.05) is 12.1 Å². The van der Waals surface area contributed by atoms with Gasteiger partial charge in [-0.2, -0.15) is 0 Å². The number of hydrogen-bond donors (Lipinski definition) is 1. The molecule has 0 aliphatic heterocycles. The molecule has 0 bridgehead atoms. The average Bonchev–Trinajstić information content (AvgIpc) is 3.25. The van der Waals surface area contributed by atoms with Crippen LogP contribution in [0.2, 0.25) is 0 Å². The Morgan fingerprint density at radius 3 is 2.96 bits per heavy atom.